The van der Waals surface area contributed by atoms with Crippen molar-refractivity contribution in [2.45, 2.75) is 19.5 Å². The first-order chi connectivity index (χ1) is 16.9. The van der Waals surface area contributed by atoms with Crippen molar-refractivity contribution in [3.05, 3.63) is 84.2 Å². The minimum atomic E-state index is -4.72. The minimum Gasteiger partial charge on any atom is -0.486 e. The highest BCUT2D eigenvalue weighted by atomic mass is 19.4. The Morgan fingerprint density at radius 2 is 1.63 bits per heavy atom. The lowest BCUT2D eigenvalue weighted by molar-refractivity contribution is -0.274. The van der Waals surface area contributed by atoms with Crippen molar-refractivity contribution >= 4 is 16.7 Å². The van der Waals surface area contributed by atoms with Gasteiger partial charge in [0.15, 0.2) is 0 Å². The summed E-state index contributed by atoms with van der Waals surface area (Å²) in [6, 6.07) is 21.5. The topological polar surface area (TPSA) is 48.8 Å². The summed E-state index contributed by atoms with van der Waals surface area (Å²) in [7, 11) is 0. The van der Waals surface area contributed by atoms with Crippen LogP contribution >= 0.6 is 0 Å². The molecule has 4 aromatic rings. The van der Waals surface area contributed by atoms with Gasteiger partial charge in [0.05, 0.1) is 24.2 Å². The van der Waals surface area contributed by atoms with E-state index in [1.54, 1.807) is 12.1 Å². The highest BCUT2D eigenvalue weighted by Gasteiger charge is 2.31. The molecule has 0 N–H and O–H groups in total. The van der Waals surface area contributed by atoms with E-state index in [1.165, 1.54) is 12.1 Å². The summed E-state index contributed by atoms with van der Waals surface area (Å²) in [6.45, 7) is 3.65. The second-order valence-corrected chi connectivity index (χ2v) is 8.18. The van der Waals surface area contributed by atoms with Gasteiger partial charge in [0, 0.05) is 25.3 Å². The number of rotatable bonds is 7. The number of hydrogen-bond acceptors (Lipinski definition) is 5. The Morgan fingerprint density at radius 1 is 0.886 bits per heavy atom. The van der Waals surface area contributed by atoms with Gasteiger partial charge in [-0.1, -0.05) is 30.3 Å². The second-order valence-electron chi connectivity index (χ2n) is 8.18. The van der Waals surface area contributed by atoms with Crippen LogP contribution in [0, 0.1) is 0 Å². The van der Waals surface area contributed by atoms with E-state index in [0.717, 1.165) is 46.9 Å². The molecule has 1 saturated heterocycles. The Kier molecular flexibility index (Phi) is 6.50. The molecule has 0 unspecified atom stereocenters. The van der Waals surface area contributed by atoms with Crippen LogP contribution < -0.4 is 14.4 Å². The van der Waals surface area contributed by atoms with Crippen molar-refractivity contribution in [3.8, 4) is 11.5 Å². The van der Waals surface area contributed by atoms with Crippen molar-refractivity contribution in [3.63, 3.8) is 0 Å². The molecule has 1 fully saturated rings. The Labute approximate surface area is 200 Å². The van der Waals surface area contributed by atoms with Gasteiger partial charge in [-0.05, 0) is 48.0 Å². The smallest absolute Gasteiger partial charge is 0.486 e. The first kappa shape index (κ1) is 23.0. The van der Waals surface area contributed by atoms with Crippen LogP contribution in [0.2, 0.25) is 0 Å². The molecule has 0 aliphatic carbocycles. The molecule has 0 atom stereocenters. The zero-order valence-electron chi connectivity index (χ0n) is 18.9. The number of alkyl halides is 3. The van der Waals surface area contributed by atoms with Crippen molar-refractivity contribution in [2.24, 2.45) is 0 Å². The molecule has 0 radical (unpaired) electrons. The molecule has 1 aliphatic rings. The van der Waals surface area contributed by atoms with Crippen molar-refractivity contribution in [1.82, 2.24) is 9.55 Å². The van der Waals surface area contributed by atoms with Gasteiger partial charge in [0.25, 0.3) is 0 Å². The SMILES string of the molecule is FC(F)(F)Oc1ccc(Cn2c(COc3ccccc3)nc3ccc(N4CCOCC4)cc32)cc1. The summed E-state index contributed by atoms with van der Waals surface area (Å²) < 4.78 is 55.1. The molecular weight excluding hydrogens is 459 g/mol. The van der Waals surface area contributed by atoms with E-state index in [4.69, 9.17) is 14.5 Å². The van der Waals surface area contributed by atoms with Gasteiger partial charge in [0.2, 0.25) is 0 Å². The Bertz CT molecular complexity index is 1270. The van der Waals surface area contributed by atoms with Crippen LogP contribution in [0.4, 0.5) is 18.9 Å². The molecule has 0 amide bonds. The van der Waals surface area contributed by atoms with Crippen LogP contribution in [0.1, 0.15) is 11.4 Å². The number of ether oxygens (including phenoxy) is 3. The number of para-hydroxylation sites is 1. The molecule has 3 aromatic carbocycles. The average Bonchev–Trinajstić information content (AvgIpc) is 3.20. The van der Waals surface area contributed by atoms with Gasteiger partial charge >= 0.3 is 6.36 Å². The van der Waals surface area contributed by atoms with Gasteiger partial charge in [-0.2, -0.15) is 0 Å². The molecule has 6 nitrogen and oxygen atoms in total. The fraction of sp³-hybridized carbons (Fsp3) is 0.269. The van der Waals surface area contributed by atoms with Crippen LogP contribution in [-0.4, -0.2) is 42.2 Å². The Balaban J connectivity index is 1.46. The summed E-state index contributed by atoms with van der Waals surface area (Å²) in [6.07, 6.45) is -4.72. The first-order valence-corrected chi connectivity index (χ1v) is 11.3. The number of anilines is 1. The maximum absolute atomic E-state index is 12.5. The third-order valence-electron chi connectivity index (χ3n) is 5.80. The lowest BCUT2D eigenvalue weighted by Gasteiger charge is -2.28. The van der Waals surface area contributed by atoms with Gasteiger partial charge in [0.1, 0.15) is 23.9 Å². The number of benzene rings is 3. The molecule has 9 heteroatoms. The van der Waals surface area contributed by atoms with Crippen LogP contribution in [0.15, 0.2) is 72.8 Å². The largest absolute Gasteiger partial charge is 0.573 e. The molecular formula is C26H24F3N3O3. The fourth-order valence-corrected chi connectivity index (χ4v) is 4.11. The molecule has 1 aromatic heterocycles. The molecule has 5 rings (SSSR count). The molecule has 182 valence electrons. The van der Waals surface area contributed by atoms with Crippen molar-refractivity contribution in [2.75, 3.05) is 31.2 Å². The van der Waals surface area contributed by atoms with Gasteiger partial charge < -0.3 is 23.7 Å². The normalized spacial score (nSPS) is 14.3. The van der Waals surface area contributed by atoms with Crippen LogP contribution in [-0.2, 0) is 17.9 Å². The zero-order valence-corrected chi connectivity index (χ0v) is 18.9. The molecule has 2 heterocycles. The number of morpholine rings is 1. The van der Waals surface area contributed by atoms with Gasteiger partial charge in [-0.15, -0.1) is 13.2 Å². The third-order valence-corrected chi connectivity index (χ3v) is 5.80. The number of hydrogen-bond donors (Lipinski definition) is 0. The van der Waals surface area contributed by atoms with Crippen LogP contribution in [0.3, 0.4) is 0 Å². The summed E-state index contributed by atoms with van der Waals surface area (Å²) in [5.41, 5.74) is 3.64. The third kappa shape index (κ3) is 5.68. The van der Waals surface area contributed by atoms with Crippen molar-refractivity contribution in [1.29, 1.82) is 0 Å². The van der Waals surface area contributed by atoms with E-state index in [9.17, 15) is 13.2 Å². The summed E-state index contributed by atoms with van der Waals surface area (Å²) in [4.78, 5) is 7.07. The zero-order chi connectivity index (χ0) is 24.3. The van der Waals surface area contributed by atoms with Crippen LogP contribution in [0.5, 0.6) is 11.5 Å². The summed E-state index contributed by atoms with van der Waals surface area (Å²) in [5.74, 6) is 1.20. The number of fused-ring (bicyclic) bond motifs is 1. The molecule has 0 spiro atoms. The predicted molar refractivity (Wildman–Crippen MR) is 126 cm³/mol. The molecule has 35 heavy (non-hydrogen) atoms. The lowest BCUT2D eigenvalue weighted by Crippen LogP contribution is -2.36. The summed E-state index contributed by atoms with van der Waals surface area (Å²) in [5, 5.41) is 0. The monoisotopic (exact) mass is 483 g/mol. The Morgan fingerprint density at radius 3 is 2.34 bits per heavy atom. The van der Waals surface area contributed by atoms with Gasteiger partial charge in [-0.25, -0.2) is 4.98 Å². The van der Waals surface area contributed by atoms with E-state index in [-0.39, 0.29) is 12.4 Å². The standard InChI is InChI=1S/C26H24F3N3O3/c27-26(28,29)35-22-9-6-19(7-10-22)17-32-24-16-20(31-12-14-33-15-13-31)8-11-23(24)30-25(32)18-34-21-4-2-1-3-5-21/h1-11,16H,12-15,17-18H2. The van der Waals surface area contributed by atoms with E-state index in [1.807, 2.05) is 41.0 Å². The molecule has 1 aliphatic heterocycles. The highest BCUT2D eigenvalue weighted by Crippen LogP contribution is 2.27. The van der Waals surface area contributed by atoms with E-state index in [0.29, 0.717) is 19.8 Å². The first-order valence-electron chi connectivity index (χ1n) is 11.3. The fourth-order valence-electron chi connectivity index (χ4n) is 4.11. The maximum Gasteiger partial charge on any atom is 0.573 e. The number of halogens is 3. The quantitative estimate of drug-likeness (QED) is 0.352. The van der Waals surface area contributed by atoms with E-state index in [2.05, 4.69) is 21.8 Å². The Hall–Kier alpha value is -3.72. The van der Waals surface area contributed by atoms with Crippen LogP contribution in [0.25, 0.3) is 11.0 Å². The predicted octanol–water partition coefficient (Wildman–Crippen LogP) is 5.40. The van der Waals surface area contributed by atoms with Crippen molar-refractivity contribution < 1.29 is 27.4 Å². The lowest BCUT2D eigenvalue weighted by atomic mass is 10.2. The highest BCUT2D eigenvalue weighted by molar-refractivity contribution is 5.80. The minimum absolute atomic E-state index is 0.251. The number of nitrogens with zero attached hydrogens (tertiary/aromatic N) is 3. The maximum atomic E-state index is 12.5. The summed E-state index contributed by atoms with van der Waals surface area (Å²) >= 11 is 0. The molecule has 0 bridgehead atoms. The second kappa shape index (κ2) is 9.87. The van der Waals surface area contributed by atoms with E-state index >= 15 is 0 Å². The van der Waals surface area contributed by atoms with E-state index < -0.39 is 6.36 Å². The van der Waals surface area contributed by atoms with Gasteiger partial charge in [-0.3, -0.25) is 0 Å². The number of imidazole rings is 1. The number of aromatic nitrogens is 2. The average molecular weight is 483 g/mol. The molecule has 0 saturated carbocycles.